The Morgan fingerprint density at radius 2 is 1.80 bits per heavy atom. The molecule has 80 valence electrons. The number of amides is 1. The van der Waals surface area contributed by atoms with Crippen LogP contribution < -0.4 is 5.73 Å². The largest absolute Gasteiger partial charge is 0.481 e. The maximum atomic E-state index is 10.8. The summed E-state index contributed by atoms with van der Waals surface area (Å²) in [5, 5.41) is 8.45. The van der Waals surface area contributed by atoms with Crippen LogP contribution in [0, 0.1) is 0 Å². The van der Waals surface area contributed by atoms with Gasteiger partial charge in [-0.1, -0.05) is 12.1 Å². The van der Waals surface area contributed by atoms with Crippen molar-refractivity contribution in [1.82, 2.24) is 0 Å². The Bertz CT molecular complexity index is 357. The molecule has 0 spiro atoms. The van der Waals surface area contributed by atoms with Crippen LogP contribution in [0.3, 0.4) is 0 Å². The Hall–Kier alpha value is -1.84. The lowest BCUT2D eigenvalue weighted by Gasteiger charge is -2.00. The fraction of sp³-hybridized carbons (Fsp3) is 0.273. The molecule has 0 aliphatic carbocycles. The molecule has 0 saturated carbocycles. The van der Waals surface area contributed by atoms with E-state index in [2.05, 4.69) is 0 Å². The topological polar surface area (TPSA) is 80.4 Å². The molecule has 0 fully saturated rings. The molecule has 0 aliphatic rings. The van der Waals surface area contributed by atoms with Crippen LogP contribution in [-0.2, 0) is 11.2 Å². The van der Waals surface area contributed by atoms with Gasteiger partial charge < -0.3 is 10.8 Å². The second kappa shape index (κ2) is 5.14. The average molecular weight is 207 g/mol. The van der Waals surface area contributed by atoms with Crippen LogP contribution in [0.5, 0.6) is 0 Å². The van der Waals surface area contributed by atoms with Crippen molar-refractivity contribution in [3.05, 3.63) is 35.4 Å². The second-order valence-electron chi connectivity index (χ2n) is 3.31. The second-order valence-corrected chi connectivity index (χ2v) is 3.31. The van der Waals surface area contributed by atoms with E-state index in [-0.39, 0.29) is 6.42 Å². The van der Waals surface area contributed by atoms with E-state index in [0.29, 0.717) is 18.4 Å². The van der Waals surface area contributed by atoms with E-state index in [0.717, 1.165) is 5.56 Å². The highest BCUT2D eigenvalue weighted by Crippen LogP contribution is 2.07. The van der Waals surface area contributed by atoms with Gasteiger partial charge >= 0.3 is 5.97 Å². The van der Waals surface area contributed by atoms with E-state index in [9.17, 15) is 9.59 Å². The molecule has 0 atom stereocenters. The fourth-order valence-corrected chi connectivity index (χ4v) is 1.28. The highest BCUT2D eigenvalue weighted by molar-refractivity contribution is 5.92. The fourth-order valence-electron chi connectivity index (χ4n) is 1.28. The van der Waals surface area contributed by atoms with E-state index in [1.54, 1.807) is 24.3 Å². The van der Waals surface area contributed by atoms with Gasteiger partial charge in [-0.25, -0.2) is 0 Å². The van der Waals surface area contributed by atoms with Gasteiger partial charge in [0, 0.05) is 12.0 Å². The molecular formula is C11H13NO3. The highest BCUT2D eigenvalue weighted by Gasteiger charge is 2.01. The van der Waals surface area contributed by atoms with Gasteiger partial charge in [-0.3, -0.25) is 9.59 Å². The molecule has 1 rings (SSSR count). The van der Waals surface area contributed by atoms with Gasteiger partial charge in [0.25, 0.3) is 0 Å². The van der Waals surface area contributed by atoms with Gasteiger partial charge in [0.05, 0.1) is 0 Å². The van der Waals surface area contributed by atoms with Gasteiger partial charge in [0.1, 0.15) is 0 Å². The van der Waals surface area contributed by atoms with Crippen LogP contribution in [0.2, 0.25) is 0 Å². The van der Waals surface area contributed by atoms with Crippen LogP contribution in [-0.4, -0.2) is 17.0 Å². The molecule has 0 saturated heterocycles. The van der Waals surface area contributed by atoms with Gasteiger partial charge in [0.15, 0.2) is 0 Å². The number of benzene rings is 1. The molecule has 3 N–H and O–H groups in total. The summed E-state index contributed by atoms with van der Waals surface area (Å²) in [6.45, 7) is 0. The standard InChI is InChI=1S/C11H13NO3/c12-11(15)9-6-4-8(5-7-9)2-1-3-10(13)14/h4-7H,1-3H2,(H2,12,15)(H,13,14). The Morgan fingerprint density at radius 3 is 2.27 bits per heavy atom. The molecule has 4 nitrogen and oxygen atoms in total. The van der Waals surface area contributed by atoms with Crippen molar-refractivity contribution < 1.29 is 14.7 Å². The summed E-state index contributed by atoms with van der Waals surface area (Å²) in [4.78, 5) is 21.0. The monoisotopic (exact) mass is 207 g/mol. The number of carboxylic acids is 1. The minimum atomic E-state index is -0.788. The van der Waals surface area contributed by atoms with Crippen molar-refractivity contribution in [1.29, 1.82) is 0 Å². The number of aliphatic carboxylic acids is 1. The number of hydrogen-bond donors (Lipinski definition) is 2. The van der Waals surface area contributed by atoms with Crippen molar-refractivity contribution in [3.63, 3.8) is 0 Å². The van der Waals surface area contributed by atoms with E-state index in [1.807, 2.05) is 0 Å². The molecule has 4 heteroatoms. The van der Waals surface area contributed by atoms with Crippen molar-refractivity contribution >= 4 is 11.9 Å². The van der Waals surface area contributed by atoms with Crippen LogP contribution in [0.25, 0.3) is 0 Å². The molecule has 1 aromatic carbocycles. The van der Waals surface area contributed by atoms with E-state index < -0.39 is 11.9 Å². The van der Waals surface area contributed by atoms with Crippen LogP contribution in [0.15, 0.2) is 24.3 Å². The number of nitrogens with two attached hydrogens (primary N) is 1. The first-order valence-corrected chi connectivity index (χ1v) is 4.70. The van der Waals surface area contributed by atoms with E-state index >= 15 is 0 Å². The highest BCUT2D eigenvalue weighted by atomic mass is 16.4. The molecule has 0 unspecified atom stereocenters. The van der Waals surface area contributed by atoms with Gasteiger partial charge in [-0.2, -0.15) is 0 Å². The van der Waals surface area contributed by atoms with E-state index in [1.165, 1.54) is 0 Å². The number of aryl methyl sites for hydroxylation is 1. The number of carbonyl (C=O) groups is 2. The number of primary amides is 1. The third-order valence-corrected chi connectivity index (χ3v) is 2.09. The van der Waals surface area contributed by atoms with Crippen LogP contribution >= 0.6 is 0 Å². The Labute approximate surface area is 87.7 Å². The lowest BCUT2D eigenvalue weighted by molar-refractivity contribution is -0.137. The molecule has 1 amide bonds. The van der Waals surface area contributed by atoms with Gasteiger partial charge in [0.2, 0.25) is 5.91 Å². The van der Waals surface area contributed by atoms with Crippen molar-refractivity contribution in [2.45, 2.75) is 19.3 Å². The molecule has 0 radical (unpaired) electrons. The minimum Gasteiger partial charge on any atom is -0.481 e. The number of carboxylic acid groups (broad SMARTS) is 1. The summed E-state index contributed by atoms with van der Waals surface area (Å²) in [7, 11) is 0. The van der Waals surface area contributed by atoms with Crippen LogP contribution in [0.4, 0.5) is 0 Å². The first-order chi connectivity index (χ1) is 7.09. The van der Waals surface area contributed by atoms with Gasteiger partial charge in [-0.15, -0.1) is 0 Å². The molecular weight excluding hydrogens is 194 g/mol. The lowest BCUT2D eigenvalue weighted by atomic mass is 10.1. The Kier molecular flexibility index (Phi) is 3.85. The normalized spacial score (nSPS) is 9.87. The summed E-state index contributed by atoms with van der Waals surface area (Å²) in [5.74, 6) is -1.24. The van der Waals surface area contributed by atoms with Gasteiger partial charge in [-0.05, 0) is 30.5 Å². The summed E-state index contributed by atoms with van der Waals surface area (Å²) in [5.41, 5.74) is 6.57. The predicted molar refractivity (Wildman–Crippen MR) is 55.5 cm³/mol. The Balaban J connectivity index is 2.50. The zero-order valence-corrected chi connectivity index (χ0v) is 8.27. The summed E-state index contributed by atoms with van der Waals surface area (Å²) < 4.78 is 0. The van der Waals surface area contributed by atoms with Crippen molar-refractivity contribution in [2.75, 3.05) is 0 Å². The lowest BCUT2D eigenvalue weighted by Crippen LogP contribution is -2.10. The van der Waals surface area contributed by atoms with Crippen molar-refractivity contribution in [2.24, 2.45) is 5.73 Å². The Morgan fingerprint density at radius 1 is 1.20 bits per heavy atom. The van der Waals surface area contributed by atoms with E-state index in [4.69, 9.17) is 10.8 Å². The number of carbonyl (C=O) groups excluding carboxylic acids is 1. The minimum absolute atomic E-state index is 0.164. The summed E-state index contributed by atoms with van der Waals surface area (Å²) in [6.07, 6.45) is 1.47. The molecule has 1 aromatic rings. The smallest absolute Gasteiger partial charge is 0.303 e. The quantitative estimate of drug-likeness (QED) is 0.761. The SMILES string of the molecule is NC(=O)c1ccc(CCCC(=O)O)cc1. The van der Waals surface area contributed by atoms with Crippen molar-refractivity contribution in [3.8, 4) is 0 Å². The molecule has 0 aromatic heterocycles. The maximum absolute atomic E-state index is 10.8. The molecule has 0 bridgehead atoms. The molecule has 0 heterocycles. The number of rotatable bonds is 5. The molecule has 15 heavy (non-hydrogen) atoms. The third-order valence-electron chi connectivity index (χ3n) is 2.09. The third kappa shape index (κ3) is 3.81. The molecule has 0 aliphatic heterocycles. The zero-order valence-electron chi connectivity index (χ0n) is 8.27. The summed E-state index contributed by atoms with van der Waals surface area (Å²) >= 11 is 0. The zero-order chi connectivity index (χ0) is 11.3. The summed E-state index contributed by atoms with van der Waals surface area (Å²) in [6, 6.07) is 6.89. The van der Waals surface area contributed by atoms with Crippen LogP contribution in [0.1, 0.15) is 28.8 Å². The first kappa shape index (κ1) is 11.2. The number of hydrogen-bond acceptors (Lipinski definition) is 2. The maximum Gasteiger partial charge on any atom is 0.303 e. The average Bonchev–Trinajstić information content (AvgIpc) is 2.18. The predicted octanol–water partition coefficient (Wildman–Crippen LogP) is 1.19. The first-order valence-electron chi connectivity index (χ1n) is 4.70.